The minimum absolute atomic E-state index is 0.0193. The molecule has 4 aromatic rings. The van der Waals surface area contributed by atoms with Gasteiger partial charge in [0, 0.05) is 29.4 Å². The van der Waals surface area contributed by atoms with Crippen LogP contribution in [0.25, 0.3) is 10.8 Å². The normalized spacial score (nSPS) is 12.9. The third kappa shape index (κ3) is 4.60. The van der Waals surface area contributed by atoms with Gasteiger partial charge in [0.1, 0.15) is 12.0 Å². The van der Waals surface area contributed by atoms with E-state index in [2.05, 4.69) is 22.3 Å². The molecule has 0 saturated heterocycles. The maximum atomic E-state index is 12.5. The molecule has 1 aliphatic heterocycles. The Morgan fingerprint density at radius 1 is 1.03 bits per heavy atom. The molecule has 6 heteroatoms. The molecule has 3 aromatic carbocycles. The van der Waals surface area contributed by atoms with E-state index in [1.54, 1.807) is 0 Å². The Morgan fingerprint density at radius 2 is 1.85 bits per heavy atom. The van der Waals surface area contributed by atoms with Gasteiger partial charge in [-0.15, -0.1) is 0 Å². The quantitative estimate of drug-likeness (QED) is 0.468. The van der Waals surface area contributed by atoms with Crippen LogP contribution < -0.4 is 20.4 Å². The van der Waals surface area contributed by atoms with Crippen molar-refractivity contribution < 1.29 is 13.9 Å². The van der Waals surface area contributed by atoms with Crippen LogP contribution in [0.4, 0.5) is 11.4 Å². The second-order valence-corrected chi connectivity index (χ2v) is 8.09. The number of anilines is 2. The molecule has 6 nitrogen and oxygen atoms in total. The number of nitrogens with one attached hydrogen (secondary N) is 1. The number of benzene rings is 3. The van der Waals surface area contributed by atoms with Crippen LogP contribution >= 0.6 is 0 Å². The highest BCUT2D eigenvalue weighted by atomic mass is 16.5. The Morgan fingerprint density at radius 3 is 2.76 bits per heavy atom. The molecule has 0 atom stereocenters. The number of hydrogen-bond donors (Lipinski definition) is 1. The average molecular weight is 440 g/mol. The fraction of sp³-hybridized carbons (Fsp3) is 0.185. The van der Waals surface area contributed by atoms with Gasteiger partial charge in [0.05, 0.1) is 6.54 Å². The summed E-state index contributed by atoms with van der Waals surface area (Å²) in [5.74, 6) is 0.231. The number of carbonyl (C=O) groups excluding carboxylic acids is 1. The first-order chi connectivity index (χ1) is 16.2. The monoisotopic (exact) mass is 440 g/mol. The zero-order chi connectivity index (χ0) is 22.6. The van der Waals surface area contributed by atoms with Gasteiger partial charge in [-0.3, -0.25) is 9.59 Å². The average Bonchev–Trinajstić information content (AvgIpc) is 2.84. The highest BCUT2D eigenvalue weighted by molar-refractivity contribution is 6.02. The molecule has 1 N–H and O–H groups in total. The van der Waals surface area contributed by atoms with Crippen LogP contribution in [-0.4, -0.2) is 19.1 Å². The topological polar surface area (TPSA) is 71.8 Å². The first-order valence-electron chi connectivity index (χ1n) is 11.0. The summed E-state index contributed by atoms with van der Waals surface area (Å²) in [6.45, 7) is 1.13. The molecule has 0 unspecified atom stereocenters. The summed E-state index contributed by atoms with van der Waals surface area (Å²) < 4.78 is 11.1. The van der Waals surface area contributed by atoms with Crippen LogP contribution in [0, 0.1) is 0 Å². The van der Waals surface area contributed by atoms with E-state index >= 15 is 0 Å². The van der Waals surface area contributed by atoms with Crippen molar-refractivity contribution in [3.63, 3.8) is 0 Å². The third-order valence-electron chi connectivity index (χ3n) is 5.83. The lowest BCUT2D eigenvalue weighted by atomic mass is 10.0. The number of fused-ring (bicyclic) bond motifs is 2. The fourth-order valence-corrected chi connectivity index (χ4v) is 4.25. The van der Waals surface area contributed by atoms with Gasteiger partial charge in [-0.25, -0.2) is 0 Å². The molecule has 0 bridgehead atoms. The van der Waals surface area contributed by atoms with Gasteiger partial charge >= 0.3 is 0 Å². The van der Waals surface area contributed by atoms with Gasteiger partial charge < -0.3 is 19.4 Å². The Hall–Kier alpha value is -4.06. The second-order valence-electron chi connectivity index (χ2n) is 8.09. The largest absolute Gasteiger partial charge is 0.477 e. The Kier molecular flexibility index (Phi) is 5.81. The van der Waals surface area contributed by atoms with E-state index in [0.29, 0.717) is 18.0 Å². The maximum Gasteiger partial charge on any atom is 0.262 e. The molecular weight excluding hydrogens is 416 g/mol. The van der Waals surface area contributed by atoms with E-state index in [4.69, 9.17) is 9.15 Å². The van der Waals surface area contributed by atoms with Crippen LogP contribution in [0.5, 0.6) is 5.75 Å². The lowest BCUT2D eigenvalue weighted by Gasteiger charge is -2.30. The second kappa shape index (κ2) is 9.20. The molecule has 33 heavy (non-hydrogen) atoms. The molecule has 166 valence electrons. The van der Waals surface area contributed by atoms with Crippen LogP contribution in [0.15, 0.2) is 88.3 Å². The van der Waals surface area contributed by atoms with E-state index in [9.17, 15) is 9.59 Å². The number of ether oxygens (including phenoxy) is 1. The minimum atomic E-state index is -0.347. The SMILES string of the molecule is O=C(COc1coc(CN2CCCc3ccccc32)cc1=O)Nc1cccc2ccccc12. The molecule has 1 amide bonds. The Balaban J connectivity index is 1.22. The van der Waals surface area contributed by atoms with Crippen LogP contribution in [0.2, 0.25) is 0 Å². The zero-order valence-corrected chi connectivity index (χ0v) is 18.1. The Labute approximate surface area is 191 Å². The number of nitrogens with zero attached hydrogens (tertiary/aromatic N) is 1. The lowest BCUT2D eigenvalue weighted by Crippen LogP contribution is -2.29. The fourth-order valence-electron chi connectivity index (χ4n) is 4.25. The Bertz CT molecular complexity index is 1360. The zero-order valence-electron chi connectivity index (χ0n) is 18.1. The van der Waals surface area contributed by atoms with Crippen molar-refractivity contribution in [3.8, 4) is 5.75 Å². The van der Waals surface area contributed by atoms with Gasteiger partial charge in [0.15, 0.2) is 6.61 Å². The van der Waals surface area contributed by atoms with Gasteiger partial charge in [-0.05, 0) is 35.9 Å². The molecule has 1 aromatic heterocycles. The van der Waals surface area contributed by atoms with E-state index in [1.807, 2.05) is 54.6 Å². The summed E-state index contributed by atoms with van der Waals surface area (Å²) in [7, 11) is 0. The van der Waals surface area contributed by atoms with Crippen LogP contribution in [-0.2, 0) is 17.8 Å². The predicted molar refractivity (Wildman–Crippen MR) is 129 cm³/mol. The smallest absolute Gasteiger partial charge is 0.262 e. The van der Waals surface area contributed by atoms with Crippen molar-refractivity contribution in [2.75, 3.05) is 23.4 Å². The lowest BCUT2D eigenvalue weighted by molar-refractivity contribution is -0.118. The number of para-hydroxylation sites is 1. The summed E-state index contributed by atoms with van der Waals surface area (Å²) in [6, 6.07) is 23.2. The number of hydrogen-bond acceptors (Lipinski definition) is 5. The van der Waals surface area contributed by atoms with E-state index in [-0.39, 0.29) is 23.7 Å². The van der Waals surface area contributed by atoms with Crippen LogP contribution in [0.3, 0.4) is 0 Å². The summed E-state index contributed by atoms with van der Waals surface area (Å²) >= 11 is 0. The van der Waals surface area contributed by atoms with Gasteiger partial charge in [-0.2, -0.15) is 0 Å². The highest BCUT2D eigenvalue weighted by Crippen LogP contribution is 2.28. The van der Waals surface area contributed by atoms with Crippen molar-refractivity contribution in [3.05, 3.63) is 101 Å². The molecule has 0 fully saturated rings. The highest BCUT2D eigenvalue weighted by Gasteiger charge is 2.18. The van der Waals surface area contributed by atoms with Crippen molar-refractivity contribution in [1.29, 1.82) is 0 Å². The van der Waals surface area contributed by atoms with Crippen molar-refractivity contribution in [2.45, 2.75) is 19.4 Å². The number of carbonyl (C=O) groups is 1. The summed E-state index contributed by atoms with van der Waals surface area (Å²) in [5.41, 5.74) is 2.88. The predicted octanol–water partition coefficient (Wildman–Crippen LogP) is 4.76. The summed E-state index contributed by atoms with van der Waals surface area (Å²) in [6.07, 6.45) is 3.41. The molecule has 0 saturated carbocycles. The first-order valence-corrected chi connectivity index (χ1v) is 11.0. The summed E-state index contributed by atoms with van der Waals surface area (Å²) in [5, 5.41) is 4.82. The maximum absolute atomic E-state index is 12.5. The van der Waals surface area contributed by atoms with Crippen molar-refractivity contribution in [1.82, 2.24) is 0 Å². The minimum Gasteiger partial charge on any atom is -0.477 e. The standard InChI is InChI=1S/C27H24N2O4/c30-25-15-21(16-29-14-6-10-20-8-2-4-13-24(20)29)32-17-26(25)33-18-27(31)28-23-12-5-9-19-7-1-3-11-22(19)23/h1-5,7-9,11-13,15,17H,6,10,14,16,18H2,(H,28,31). The van der Waals surface area contributed by atoms with E-state index in [0.717, 1.165) is 30.2 Å². The number of amides is 1. The van der Waals surface area contributed by atoms with E-state index in [1.165, 1.54) is 23.6 Å². The van der Waals surface area contributed by atoms with Gasteiger partial charge in [-0.1, -0.05) is 54.6 Å². The third-order valence-corrected chi connectivity index (χ3v) is 5.83. The first kappa shape index (κ1) is 20.8. The molecule has 1 aliphatic rings. The van der Waals surface area contributed by atoms with Crippen molar-refractivity contribution in [2.24, 2.45) is 0 Å². The molecule has 2 heterocycles. The molecule has 0 radical (unpaired) electrons. The van der Waals surface area contributed by atoms with Crippen molar-refractivity contribution >= 4 is 28.1 Å². The molecular formula is C27H24N2O4. The van der Waals surface area contributed by atoms with Crippen LogP contribution in [0.1, 0.15) is 17.7 Å². The number of aryl methyl sites for hydroxylation is 1. The molecule has 5 rings (SSSR count). The summed E-state index contributed by atoms with van der Waals surface area (Å²) in [4.78, 5) is 27.2. The molecule has 0 aliphatic carbocycles. The molecule has 0 spiro atoms. The van der Waals surface area contributed by atoms with Gasteiger partial charge in [0.25, 0.3) is 5.91 Å². The van der Waals surface area contributed by atoms with E-state index < -0.39 is 0 Å². The van der Waals surface area contributed by atoms with Gasteiger partial charge in [0.2, 0.25) is 11.2 Å². The number of rotatable bonds is 6.